The molecule has 0 saturated heterocycles. The van der Waals surface area contributed by atoms with Crippen LogP contribution in [-0.4, -0.2) is 11.6 Å². The van der Waals surface area contributed by atoms with E-state index in [-0.39, 0.29) is 11.6 Å². The molecule has 0 aromatic heterocycles. The highest BCUT2D eigenvalue weighted by Crippen LogP contribution is 2.08. The first-order valence-electron chi connectivity index (χ1n) is 6.44. The number of carbonyl (C=O) groups is 2. The number of rotatable bonds is 8. The second-order valence-electron chi connectivity index (χ2n) is 4.31. The van der Waals surface area contributed by atoms with Crippen molar-refractivity contribution in [2.24, 2.45) is 0 Å². The third-order valence-electron chi connectivity index (χ3n) is 2.13. The van der Waals surface area contributed by atoms with E-state index in [0.717, 1.165) is 12.8 Å². The molecule has 0 aliphatic carbocycles. The maximum atomic E-state index is 10.6. The Kier molecular flexibility index (Phi) is 15.9. The second-order valence-corrected chi connectivity index (χ2v) is 4.31. The summed E-state index contributed by atoms with van der Waals surface area (Å²) in [7, 11) is 0. The average molecular weight is 239 g/mol. The molecule has 0 bridgehead atoms. The zero-order valence-corrected chi connectivity index (χ0v) is 11.4. The van der Waals surface area contributed by atoms with Gasteiger partial charge in [-0.2, -0.15) is 5.26 Å². The van der Waals surface area contributed by atoms with E-state index in [4.69, 9.17) is 5.26 Å². The van der Waals surface area contributed by atoms with Gasteiger partial charge in [0.25, 0.3) is 0 Å². The molecule has 0 saturated carbocycles. The van der Waals surface area contributed by atoms with Crippen molar-refractivity contribution in [1.82, 2.24) is 0 Å². The van der Waals surface area contributed by atoms with E-state index < -0.39 is 0 Å². The molecular formula is C14H25NO2. The quantitative estimate of drug-likeness (QED) is 0.478. The van der Waals surface area contributed by atoms with Crippen LogP contribution in [0.5, 0.6) is 0 Å². The third-order valence-corrected chi connectivity index (χ3v) is 2.13. The lowest BCUT2D eigenvalue weighted by Crippen LogP contribution is -1.91. The smallest absolute Gasteiger partial charge is 0.231 e. The SMILES string of the molecule is CC(C)=O.CCCCCCCCCC(=O)C#N. The minimum atomic E-state index is -0.270. The van der Waals surface area contributed by atoms with Crippen molar-refractivity contribution in [3.63, 3.8) is 0 Å². The van der Waals surface area contributed by atoms with Crippen molar-refractivity contribution < 1.29 is 9.59 Å². The number of unbranched alkanes of at least 4 members (excludes halogenated alkanes) is 6. The Bertz CT molecular complexity index is 237. The molecule has 0 unspecified atom stereocenters. The van der Waals surface area contributed by atoms with Crippen molar-refractivity contribution in [1.29, 1.82) is 5.26 Å². The Hall–Kier alpha value is -1.17. The third kappa shape index (κ3) is 25.3. The molecule has 0 aliphatic rings. The lowest BCUT2D eigenvalue weighted by molar-refractivity contribution is -0.115. The Balaban J connectivity index is 0. The zero-order valence-electron chi connectivity index (χ0n) is 11.4. The molecule has 98 valence electrons. The molecule has 0 aliphatic heterocycles. The van der Waals surface area contributed by atoms with Crippen LogP contribution in [0.3, 0.4) is 0 Å². The van der Waals surface area contributed by atoms with Gasteiger partial charge in [0, 0.05) is 6.42 Å². The minimum absolute atomic E-state index is 0.167. The highest BCUT2D eigenvalue weighted by Gasteiger charge is 1.97. The first kappa shape index (κ1) is 18.2. The first-order chi connectivity index (χ1) is 8.04. The summed E-state index contributed by atoms with van der Waals surface area (Å²) in [4.78, 5) is 20.0. The normalized spacial score (nSPS) is 8.82. The van der Waals surface area contributed by atoms with Gasteiger partial charge < -0.3 is 4.79 Å². The number of nitrogens with zero attached hydrogens (tertiary/aromatic N) is 1. The van der Waals surface area contributed by atoms with Gasteiger partial charge in [0.05, 0.1) is 0 Å². The van der Waals surface area contributed by atoms with Gasteiger partial charge in [0.15, 0.2) is 0 Å². The number of hydrogen-bond donors (Lipinski definition) is 0. The van der Waals surface area contributed by atoms with E-state index in [1.165, 1.54) is 46.0 Å². The van der Waals surface area contributed by atoms with Crippen LogP contribution in [0.2, 0.25) is 0 Å². The molecule has 0 atom stereocenters. The maximum Gasteiger partial charge on any atom is 0.231 e. The van der Waals surface area contributed by atoms with E-state index in [1.54, 1.807) is 6.07 Å². The standard InChI is InChI=1S/C11H19NO.C3H6O/c1-2-3-4-5-6-7-8-9-11(13)10-12;1-3(2)4/h2-9H2,1H3;1-2H3. The van der Waals surface area contributed by atoms with Gasteiger partial charge in [0.1, 0.15) is 11.9 Å². The van der Waals surface area contributed by atoms with Gasteiger partial charge in [-0.1, -0.05) is 45.4 Å². The summed E-state index contributed by atoms with van der Waals surface area (Å²) in [6.45, 7) is 5.26. The van der Waals surface area contributed by atoms with Crippen molar-refractivity contribution >= 4 is 11.6 Å². The molecule has 0 N–H and O–H groups in total. The molecule has 0 heterocycles. The molecule has 0 amide bonds. The van der Waals surface area contributed by atoms with Crippen LogP contribution in [0.25, 0.3) is 0 Å². The highest BCUT2D eigenvalue weighted by molar-refractivity contribution is 5.93. The number of nitriles is 1. The Morgan fingerprint density at radius 3 is 1.76 bits per heavy atom. The van der Waals surface area contributed by atoms with Crippen LogP contribution in [-0.2, 0) is 9.59 Å². The van der Waals surface area contributed by atoms with Crippen LogP contribution < -0.4 is 0 Å². The summed E-state index contributed by atoms with van der Waals surface area (Å²) in [6, 6.07) is 1.64. The Morgan fingerprint density at radius 2 is 1.35 bits per heavy atom. The fourth-order valence-electron chi connectivity index (χ4n) is 1.30. The summed E-state index contributed by atoms with van der Waals surface area (Å²) in [5.41, 5.74) is 0. The minimum Gasteiger partial charge on any atom is -0.300 e. The molecule has 0 rings (SSSR count). The van der Waals surface area contributed by atoms with Gasteiger partial charge >= 0.3 is 0 Å². The summed E-state index contributed by atoms with van der Waals surface area (Å²) >= 11 is 0. The van der Waals surface area contributed by atoms with Crippen molar-refractivity contribution in [2.75, 3.05) is 0 Å². The van der Waals surface area contributed by atoms with Crippen LogP contribution in [0.1, 0.15) is 72.1 Å². The van der Waals surface area contributed by atoms with Crippen molar-refractivity contribution in [3.8, 4) is 6.07 Å². The van der Waals surface area contributed by atoms with Gasteiger partial charge in [-0.15, -0.1) is 0 Å². The number of carbonyl (C=O) groups excluding carboxylic acids is 2. The first-order valence-corrected chi connectivity index (χ1v) is 6.44. The van der Waals surface area contributed by atoms with Gasteiger partial charge in [-0.05, 0) is 20.3 Å². The predicted molar refractivity (Wildman–Crippen MR) is 69.6 cm³/mol. The maximum absolute atomic E-state index is 10.6. The number of Topliss-reactive ketones (excluding diaryl/α,β-unsaturated/α-hetero) is 2. The predicted octanol–water partition coefficient (Wildman–Crippen LogP) is 3.82. The summed E-state index contributed by atoms with van der Waals surface area (Å²) in [6.07, 6.45) is 8.81. The molecule has 3 heteroatoms. The lowest BCUT2D eigenvalue weighted by atomic mass is 10.1. The Morgan fingerprint density at radius 1 is 0.941 bits per heavy atom. The summed E-state index contributed by atoms with van der Waals surface area (Å²) < 4.78 is 0. The van der Waals surface area contributed by atoms with E-state index in [1.807, 2.05) is 0 Å². The van der Waals surface area contributed by atoms with Gasteiger partial charge in [-0.3, -0.25) is 4.79 Å². The second kappa shape index (κ2) is 14.8. The molecular weight excluding hydrogens is 214 g/mol. The average Bonchev–Trinajstić information content (AvgIpc) is 2.26. The fraction of sp³-hybridized carbons (Fsp3) is 0.786. The molecule has 17 heavy (non-hydrogen) atoms. The largest absolute Gasteiger partial charge is 0.300 e. The van der Waals surface area contributed by atoms with Crippen molar-refractivity contribution in [2.45, 2.75) is 72.1 Å². The van der Waals surface area contributed by atoms with E-state index in [9.17, 15) is 9.59 Å². The molecule has 3 nitrogen and oxygen atoms in total. The number of ketones is 2. The number of hydrogen-bond acceptors (Lipinski definition) is 3. The monoisotopic (exact) mass is 239 g/mol. The van der Waals surface area contributed by atoms with Crippen LogP contribution in [0.4, 0.5) is 0 Å². The summed E-state index contributed by atoms with van der Waals surface area (Å²) in [5, 5.41) is 8.21. The van der Waals surface area contributed by atoms with E-state index in [0.29, 0.717) is 6.42 Å². The summed E-state index contributed by atoms with van der Waals surface area (Å²) in [5.74, 6) is -0.103. The van der Waals surface area contributed by atoms with Gasteiger partial charge in [-0.25, -0.2) is 0 Å². The molecule has 0 aromatic carbocycles. The highest BCUT2D eigenvalue weighted by atomic mass is 16.1. The molecule has 0 aromatic rings. The molecule has 0 spiro atoms. The van der Waals surface area contributed by atoms with Crippen LogP contribution >= 0.6 is 0 Å². The fourth-order valence-corrected chi connectivity index (χ4v) is 1.30. The molecule has 0 radical (unpaired) electrons. The van der Waals surface area contributed by atoms with Gasteiger partial charge in [0.2, 0.25) is 5.78 Å². The van der Waals surface area contributed by atoms with Crippen molar-refractivity contribution in [3.05, 3.63) is 0 Å². The van der Waals surface area contributed by atoms with Crippen LogP contribution in [0.15, 0.2) is 0 Å². The van der Waals surface area contributed by atoms with E-state index in [2.05, 4.69) is 6.92 Å². The molecule has 0 fully saturated rings. The van der Waals surface area contributed by atoms with E-state index >= 15 is 0 Å². The topological polar surface area (TPSA) is 57.9 Å². The zero-order chi connectivity index (χ0) is 13.5. The lowest BCUT2D eigenvalue weighted by Gasteiger charge is -1.98. The Labute approximate surface area is 105 Å². The van der Waals surface area contributed by atoms with Crippen LogP contribution in [0, 0.1) is 11.3 Å².